The largest absolute Gasteiger partial charge is 0.452 e. The molecule has 1 aliphatic rings. The Hall–Kier alpha value is -1.40. The topological polar surface area (TPSA) is 64.6 Å². The van der Waals surface area contributed by atoms with Crippen LogP contribution in [0.25, 0.3) is 0 Å². The molecule has 1 aromatic rings. The number of nitrogens with one attached hydrogen (secondary N) is 1. The van der Waals surface area contributed by atoms with Crippen LogP contribution in [0.3, 0.4) is 0 Å². The van der Waals surface area contributed by atoms with Gasteiger partial charge in [-0.05, 0) is 37.1 Å². The van der Waals surface area contributed by atoms with Crippen molar-refractivity contribution in [2.75, 3.05) is 19.8 Å². The average molecular weight is 342 g/mol. The lowest BCUT2D eigenvalue weighted by Gasteiger charge is -2.10. The zero-order valence-corrected chi connectivity index (χ0v) is 12.5. The number of amides is 1. The van der Waals surface area contributed by atoms with Crippen LogP contribution in [-0.2, 0) is 14.3 Å². The van der Waals surface area contributed by atoms with Crippen LogP contribution in [0.1, 0.15) is 23.2 Å². The first-order chi connectivity index (χ1) is 9.65. The first-order valence-electron chi connectivity index (χ1n) is 6.46. The van der Waals surface area contributed by atoms with Gasteiger partial charge in [-0.15, -0.1) is 0 Å². The summed E-state index contributed by atoms with van der Waals surface area (Å²) in [5.41, 5.74) is 0.417. The van der Waals surface area contributed by atoms with Crippen LogP contribution in [-0.4, -0.2) is 37.7 Å². The highest BCUT2D eigenvalue weighted by Gasteiger charge is 2.16. The van der Waals surface area contributed by atoms with Crippen molar-refractivity contribution in [3.05, 3.63) is 34.3 Å². The Morgan fingerprint density at radius 2 is 2.10 bits per heavy atom. The third kappa shape index (κ3) is 4.61. The molecule has 1 saturated heterocycles. The van der Waals surface area contributed by atoms with Gasteiger partial charge in [-0.1, -0.05) is 15.9 Å². The van der Waals surface area contributed by atoms with Gasteiger partial charge in [0.05, 0.1) is 11.7 Å². The smallest absolute Gasteiger partial charge is 0.338 e. The first kappa shape index (κ1) is 15.0. The molecule has 1 amide bonds. The number of halogens is 1. The van der Waals surface area contributed by atoms with E-state index in [0.717, 1.165) is 23.9 Å². The van der Waals surface area contributed by atoms with Crippen molar-refractivity contribution < 1.29 is 19.1 Å². The maximum absolute atomic E-state index is 11.7. The molecular weight excluding hydrogens is 326 g/mol. The van der Waals surface area contributed by atoms with Gasteiger partial charge in [0.15, 0.2) is 6.61 Å². The SMILES string of the molecule is O=C(COC(=O)c1ccc(Br)cc1)NC[C@H]1CCCO1. The number of hydrogen-bond acceptors (Lipinski definition) is 4. The van der Waals surface area contributed by atoms with Crippen LogP contribution < -0.4 is 5.32 Å². The number of hydrogen-bond donors (Lipinski definition) is 1. The number of ether oxygens (including phenoxy) is 2. The summed E-state index contributed by atoms with van der Waals surface area (Å²) in [6.07, 6.45) is 2.07. The van der Waals surface area contributed by atoms with E-state index in [0.29, 0.717) is 12.1 Å². The Kier molecular flexibility index (Phi) is 5.55. The predicted molar refractivity (Wildman–Crippen MR) is 76.4 cm³/mol. The van der Waals surface area contributed by atoms with Gasteiger partial charge in [-0.25, -0.2) is 4.79 Å². The van der Waals surface area contributed by atoms with Crippen LogP contribution in [0, 0.1) is 0 Å². The molecule has 5 nitrogen and oxygen atoms in total. The van der Waals surface area contributed by atoms with Gasteiger partial charge in [-0.2, -0.15) is 0 Å². The minimum absolute atomic E-state index is 0.0844. The highest BCUT2D eigenvalue weighted by Crippen LogP contribution is 2.11. The van der Waals surface area contributed by atoms with E-state index in [1.165, 1.54) is 0 Å². The molecule has 1 aromatic carbocycles. The van der Waals surface area contributed by atoms with Crippen LogP contribution >= 0.6 is 15.9 Å². The molecule has 0 bridgehead atoms. The fraction of sp³-hybridized carbons (Fsp3) is 0.429. The van der Waals surface area contributed by atoms with Gasteiger partial charge >= 0.3 is 5.97 Å². The number of esters is 1. The normalized spacial score (nSPS) is 17.8. The lowest BCUT2D eigenvalue weighted by molar-refractivity contribution is -0.124. The molecular formula is C14H16BrNO4. The lowest BCUT2D eigenvalue weighted by Crippen LogP contribution is -2.34. The summed E-state index contributed by atoms with van der Waals surface area (Å²) in [6, 6.07) is 6.76. The van der Waals surface area contributed by atoms with Crippen molar-refractivity contribution in [3.63, 3.8) is 0 Å². The van der Waals surface area contributed by atoms with E-state index in [1.807, 2.05) is 0 Å². The quantitative estimate of drug-likeness (QED) is 0.831. The number of benzene rings is 1. The number of carbonyl (C=O) groups is 2. The fourth-order valence-corrected chi connectivity index (χ4v) is 2.15. The van der Waals surface area contributed by atoms with Crippen molar-refractivity contribution in [1.29, 1.82) is 0 Å². The highest BCUT2D eigenvalue weighted by atomic mass is 79.9. The van der Waals surface area contributed by atoms with E-state index in [4.69, 9.17) is 9.47 Å². The van der Waals surface area contributed by atoms with E-state index in [2.05, 4.69) is 21.2 Å². The van der Waals surface area contributed by atoms with E-state index in [-0.39, 0.29) is 18.6 Å². The zero-order chi connectivity index (χ0) is 14.4. The molecule has 1 heterocycles. The maximum Gasteiger partial charge on any atom is 0.338 e. The summed E-state index contributed by atoms with van der Waals surface area (Å²) in [6.45, 7) is 0.940. The average Bonchev–Trinajstić information content (AvgIpc) is 2.96. The first-order valence-corrected chi connectivity index (χ1v) is 7.25. The van der Waals surface area contributed by atoms with Crippen LogP contribution in [0.2, 0.25) is 0 Å². The van der Waals surface area contributed by atoms with Gasteiger partial charge < -0.3 is 14.8 Å². The van der Waals surface area contributed by atoms with Crippen LogP contribution in [0.4, 0.5) is 0 Å². The van der Waals surface area contributed by atoms with Crippen molar-refractivity contribution >= 4 is 27.8 Å². The van der Waals surface area contributed by atoms with Crippen molar-refractivity contribution in [2.24, 2.45) is 0 Å². The van der Waals surface area contributed by atoms with Crippen molar-refractivity contribution in [3.8, 4) is 0 Å². The molecule has 0 radical (unpaired) electrons. The number of rotatable bonds is 5. The molecule has 0 aromatic heterocycles. The maximum atomic E-state index is 11.7. The summed E-state index contributed by atoms with van der Waals surface area (Å²) in [5.74, 6) is -0.823. The van der Waals surface area contributed by atoms with Crippen LogP contribution in [0.5, 0.6) is 0 Å². The van der Waals surface area contributed by atoms with Crippen molar-refractivity contribution in [1.82, 2.24) is 5.32 Å². The monoisotopic (exact) mass is 341 g/mol. The molecule has 2 rings (SSSR count). The summed E-state index contributed by atoms with van der Waals surface area (Å²) >= 11 is 3.28. The van der Waals surface area contributed by atoms with Gasteiger partial charge in [-0.3, -0.25) is 4.79 Å². The van der Waals surface area contributed by atoms with E-state index >= 15 is 0 Å². The third-order valence-electron chi connectivity index (χ3n) is 2.97. The summed E-state index contributed by atoms with van der Waals surface area (Å²) in [7, 11) is 0. The van der Waals surface area contributed by atoms with Gasteiger partial charge in [0.25, 0.3) is 5.91 Å². The Labute approximate surface area is 125 Å². The second-order valence-electron chi connectivity index (χ2n) is 4.52. The highest BCUT2D eigenvalue weighted by molar-refractivity contribution is 9.10. The Morgan fingerprint density at radius 3 is 2.75 bits per heavy atom. The molecule has 0 unspecified atom stereocenters. The second-order valence-corrected chi connectivity index (χ2v) is 5.44. The van der Waals surface area contributed by atoms with Crippen molar-refractivity contribution in [2.45, 2.75) is 18.9 Å². The molecule has 108 valence electrons. The van der Waals surface area contributed by atoms with Gasteiger partial charge in [0, 0.05) is 17.6 Å². The van der Waals surface area contributed by atoms with Crippen LogP contribution in [0.15, 0.2) is 28.7 Å². The molecule has 1 aliphatic heterocycles. The van der Waals surface area contributed by atoms with E-state index < -0.39 is 5.97 Å². The summed E-state index contributed by atoms with van der Waals surface area (Å²) < 4.78 is 11.2. The standard InChI is InChI=1S/C14H16BrNO4/c15-11-5-3-10(4-6-11)14(18)20-9-13(17)16-8-12-2-1-7-19-12/h3-6,12H,1-2,7-9H2,(H,16,17)/t12-/m1/s1. The Balaban J connectivity index is 1.69. The third-order valence-corrected chi connectivity index (χ3v) is 3.49. The molecule has 0 spiro atoms. The molecule has 1 N–H and O–H groups in total. The minimum Gasteiger partial charge on any atom is -0.452 e. The fourth-order valence-electron chi connectivity index (χ4n) is 1.88. The minimum atomic E-state index is -0.509. The molecule has 0 aliphatic carbocycles. The molecule has 0 saturated carbocycles. The molecule has 1 atom stereocenters. The van der Waals surface area contributed by atoms with Gasteiger partial charge in [0.1, 0.15) is 0 Å². The summed E-state index contributed by atoms with van der Waals surface area (Å²) in [4.78, 5) is 23.2. The molecule has 1 fully saturated rings. The van der Waals surface area contributed by atoms with Gasteiger partial charge in [0.2, 0.25) is 0 Å². The predicted octanol–water partition coefficient (Wildman–Crippen LogP) is 1.90. The zero-order valence-electron chi connectivity index (χ0n) is 10.9. The summed E-state index contributed by atoms with van der Waals surface area (Å²) in [5, 5.41) is 2.69. The molecule has 20 heavy (non-hydrogen) atoms. The number of carbonyl (C=O) groups excluding carboxylic acids is 2. The second kappa shape index (κ2) is 7.40. The molecule has 6 heteroatoms. The lowest BCUT2D eigenvalue weighted by atomic mass is 10.2. The van der Waals surface area contributed by atoms with E-state index in [1.54, 1.807) is 24.3 Å². The Morgan fingerprint density at radius 1 is 1.35 bits per heavy atom. The van der Waals surface area contributed by atoms with E-state index in [9.17, 15) is 9.59 Å². The Bertz CT molecular complexity index is 469.